The summed E-state index contributed by atoms with van der Waals surface area (Å²) in [5.41, 5.74) is 3.83. The number of likely N-dealkylation sites (tertiary alicyclic amines) is 1. The molecule has 43 heavy (non-hydrogen) atoms. The zero-order valence-electron chi connectivity index (χ0n) is 24.9. The van der Waals surface area contributed by atoms with Crippen molar-refractivity contribution in [2.24, 2.45) is 0 Å². The third-order valence-electron chi connectivity index (χ3n) is 8.95. The van der Waals surface area contributed by atoms with Crippen molar-refractivity contribution in [1.82, 2.24) is 25.0 Å². The van der Waals surface area contributed by atoms with Crippen LogP contribution in [0.4, 0.5) is 4.39 Å². The number of rotatable bonds is 9. The van der Waals surface area contributed by atoms with Crippen molar-refractivity contribution in [2.75, 3.05) is 39.3 Å². The number of nitrogens with zero attached hydrogens (tertiary/aromatic N) is 5. The molecule has 8 nitrogen and oxygen atoms in total. The van der Waals surface area contributed by atoms with Gasteiger partial charge in [0.1, 0.15) is 17.8 Å². The number of amides is 1. The predicted octanol–water partition coefficient (Wildman–Crippen LogP) is 4.28. The molecule has 1 aromatic heterocycles. The summed E-state index contributed by atoms with van der Waals surface area (Å²) >= 11 is 0. The Morgan fingerprint density at radius 3 is 2.28 bits per heavy atom. The van der Waals surface area contributed by atoms with Crippen LogP contribution in [0.15, 0.2) is 66.9 Å². The van der Waals surface area contributed by atoms with E-state index in [2.05, 4.69) is 44.9 Å². The molecule has 0 saturated carbocycles. The van der Waals surface area contributed by atoms with Gasteiger partial charge in [-0.25, -0.2) is 4.39 Å². The lowest BCUT2D eigenvalue weighted by molar-refractivity contribution is -0.113. The lowest BCUT2D eigenvalue weighted by atomic mass is 9.89. The van der Waals surface area contributed by atoms with E-state index in [-0.39, 0.29) is 23.3 Å². The van der Waals surface area contributed by atoms with E-state index in [1.807, 2.05) is 42.5 Å². The number of aldehydes is 1. The van der Waals surface area contributed by atoms with E-state index in [1.54, 1.807) is 12.3 Å². The summed E-state index contributed by atoms with van der Waals surface area (Å²) < 4.78 is 13.2. The van der Waals surface area contributed by atoms with Gasteiger partial charge in [-0.1, -0.05) is 30.3 Å². The molecular formula is C34H39FN6O2. The standard InChI is InChI=1S/C34H39FN6O2/c1-34(2,28-8-3-25(21-36)4-9-28)41-15-13-30(14-16-41)38-33(43)31-12-7-27(22-37-31)32(24-42)40-19-17-39(18-20-40)23-26-5-10-29(35)11-6-26/h3-12,22,24,30,32H,13-20,23H2,1-2H3,(H,38,43). The number of nitriles is 1. The van der Waals surface area contributed by atoms with Gasteiger partial charge in [0.25, 0.3) is 5.91 Å². The fraction of sp³-hybridized carbons (Fsp3) is 0.412. The Balaban J connectivity index is 1.10. The van der Waals surface area contributed by atoms with E-state index in [9.17, 15) is 14.0 Å². The molecule has 2 saturated heterocycles. The van der Waals surface area contributed by atoms with Crippen LogP contribution in [0.1, 0.15) is 65.5 Å². The van der Waals surface area contributed by atoms with E-state index in [1.165, 1.54) is 17.7 Å². The second-order valence-electron chi connectivity index (χ2n) is 12.0. The Morgan fingerprint density at radius 2 is 1.70 bits per heavy atom. The van der Waals surface area contributed by atoms with Gasteiger partial charge >= 0.3 is 0 Å². The molecule has 2 fully saturated rings. The summed E-state index contributed by atoms with van der Waals surface area (Å²) in [6, 6.07) is 19.7. The molecule has 224 valence electrons. The largest absolute Gasteiger partial charge is 0.348 e. The molecule has 3 aromatic rings. The van der Waals surface area contributed by atoms with Crippen LogP contribution in [0.25, 0.3) is 0 Å². The number of carbonyl (C=O) groups is 2. The maximum Gasteiger partial charge on any atom is 0.270 e. The average Bonchev–Trinajstić information content (AvgIpc) is 3.04. The molecule has 0 bridgehead atoms. The molecular weight excluding hydrogens is 543 g/mol. The van der Waals surface area contributed by atoms with Crippen LogP contribution < -0.4 is 5.32 Å². The number of nitrogens with one attached hydrogen (secondary N) is 1. The molecule has 1 unspecified atom stereocenters. The topological polar surface area (TPSA) is 92.6 Å². The summed E-state index contributed by atoms with van der Waals surface area (Å²) in [5, 5.41) is 12.2. The van der Waals surface area contributed by atoms with Crippen molar-refractivity contribution in [2.45, 2.75) is 50.9 Å². The molecule has 1 N–H and O–H groups in total. The summed E-state index contributed by atoms with van der Waals surface area (Å²) in [6.45, 7) is 9.90. The van der Waals surface area contributed by atoms with Crippen molar-refractivity contribution < 1.29 is 14.0 Å². The van der Waals surface area contributed by atoms with Crippen molar-refractivity contribution in [3.63, 3.8) is 0 Å². The molecule has 2 aliphatic heterocycles. The van der Waals surface area contributed by atoms with Crippen LogP contribution in [0, 0.1) is 17.1 Å². The van der Waals surface area contributed by atoms with Crippen LogP contribution >= 0.6 is 0 Å². The summed E-state index contributed by atoms with van der Waals surface area (Å²) in [7, 11) is 0. The number of pyridine rings is 1. The molecule has 0 spiro atoms. The van der Waals surface area contributed by atoms with E-state index in [4.69, 9.17) is 5.26 Å². The fourth-order valence-electron chi connectivity index (χ4n) is 6.12. The van der Waals surface area contributed by atoms with Gasteiger partial charge in [0.15, 0.2) is 0 Å². The van der Waals surface area contributed by atoms with Gasteiger partial charge in [-0.3, -0.25) is 24.5 Å². The van der Waals surface area contributed by atoms with E-state index >= 15 is 0 Å². The third kappa shape index (κ3) is 7.34. The minimum atomic E-state index is -0.415. The van der Waals surface area contributed by atoms with Crippen molar-refractivity contribution in [3.8, 4) is 6.07 Å². The van der Waals surface area contributed by atoms with Gasteiger partial charge in [0, 0.05) is 63.6 Å². The SMILES string of the molecule is CC(C)(c1ccc(C#N)cc1)N1CCC(NC(=O)c2ccc(C(C=O)N3CCN(Cc4ccc(F)cc4)CC3)cn2)CC1. The van der Waals surface area contributed by atoms with Crippen LogP contribution in [-0.2, 0) is 16.9 Å². The summed E-state index contributed by atoms with van der Waals surface area (Å²) in [6.07, 6.45) is 4.26. The Bertz CT molecular complexity index is 1420. The highest BCUT2D eigenvalue weighted by Crippen LogP contribution is 2.31. The molecule has 5 rings (SSSR count). The molecule has 3 heterocycles. The number of hydrogen-bond donors (Lipinski definition) is 1. The Hall–Kier alpha value is -3.97. The smallest absolute Gasteiger partial charge is 0.270 e. The highest BCUT2D eigenvalue weighted by Gasteiger charge is 2.33. The van der Waals surface area contributed by atoms with Gasteiger partial charge in [0.05, 0.1) is 17.7 Å². The number of piperidine rings is 1. The quantitative estimate of drug-likeness (QED) is 0.377. The number of halogens is 1. The molecule has 0 aliphatic carbocycles. The minimum absolute atomic E-state index is 0.0657. The number of piperazine rings is 1. The lowest BCUT2D eigenvalue weighted by Gasteiger charge is -2.43. The Morgan fingerprint density at radius 1 is 1.02 bits per heavy atom. The Kier molecular flexibility index (Phi) is 9.61. The van der Waals surface area contributed by atoms with Crippen molar-refractivity contribution in [1.29, 1.82) is 5.26 Å². The van der Waals surface area contributed by atoms with Gasteiger partial charge < -0.3 is 10.1 Å². The third-order valence-corrected chi connectivity index (χ3v) is 8.95. The van der Waals surface area contributed by atoms with E-state index < -0.39 is 6.04 Å². The highest BCUT2D eigenvalue weighted by molar-refractivity contribution is 5.92. The van der Waals surface area contributed by atoms with Crippen LogP contribution in [0.2, 0.25) is 0 Å². The number of aromatic nitrogens is 1. The van der Waals surface area contributed by atoms with Crippen molar-refractivity contribution >= 4 is 12.2 Å². The normalized spacial score (nSPS) is 18.1. The molecule has 0 radical (unpaired) electrons. The van der Waals surface area contributed by atoms with E-state index in [0.717, 1.165) is 76.1 Å². The van der Waals surface area contributed by atoms with Gasteiger partial charge in [-0.2, -0.15) is 5.26 Å². The summed E-state index contributed by atoms with van der Waals surface area (Å²) in [4.78, 5) is 36.4. The highest BCUT2D eigenvalue weighted by atomic mass is 19.1. The lowest BCUT2D eigenvalue weighted by Crippen LogP contribution is -2.50. The van der Waals surface area contributed by atoms with Crippen LogP contribution in [0.3, 0.4) is 0 Å². The number of carbonyl (C=O) groups excluding carboxylic acids is 2. The first-order chi connectivity index (χ1) is 20.8. The second-order valence-corrected chi connectivity index (χ2v) is 12.0. The zero-order chi connectivity index (χ0) is 30.4. The number of hydrogen-bond acceptors (Lipinski definition) is 7. The number of benzene rings is 2. The van der Waals surface area contributed by atoms with Crippen molar-refractivity contribution in [3.05, 3.63) is 101 Å². The van der Waals surface area contributed by atoms with Gasteiger partial charge in [-0.15, -0.1) is 0 Å². The Labute approximate surface area is 253 Å². The van der Waals surface area contributed by atoms with Crippen LogP contribution in [-0.4, -0.2) is 77.2 Å². The minimum Gasteiger partial charge on any atom is -0.348 e. The molecule has 2 aliphatic rings. The second kappa shape index (κ2) is 13.6. The van der Waals surface area contributed by atoms with Crippen LogP contribution in [0.5, 0.6) is 0 Å². The molecule has 2 aromatic carbocycles. The van der Waals surface area contributed by atoms with Gasteiger partial charge in [0.2, 0.25) is 0 Å². The zero-order valence-corrected chi connectivity index (χ0v) is 24.9. The fourth-order valence-corrected chi connectivity index (χ4v) is 6.12. The first kappa shape index (κ1) is 30.5. The first-order valence-electron chi connectivity index (χ1n) is 15.0. The van der Waals surface area contributed by atoms with Gasteiger partial charge in [-0.05, 0) is 73.7 Å². The first-order valence-corrected chi connectivity index (χ1v) is 15.0. The molecule has 1 amide bonds. The maximum atomic E-state index is 13.2. The molecule has 1 atom stereocenters. The summed E-state index contributed by atoms with van der Waals surface area (Å²) in [5.74, 6) is -0.435. The van der Waals surface area contributed by atoms with E-state index in [0.29, 0.717) is 11.3 Å². The molecule has 9 heteroatoms. The maximum absolute atomic E-state index is 13.2. The monoisotopic (exact) mass is 582 g/mol. The predicted molar refractivity (Wildman–Crippen MR) is 163 cm³/mol. The average molecular weight is 583 g/mol.